The fourth-order valence-corrected chi connectivity index (χ4v) is 6.44. The molecule has 0 heterocycles. The maximum atomic E-state index is 13.3. The third kappa shape index (κ3) is 9.73. The summed E-state index contributed by atoms with van der Waals surface area (Å²) in [6, 6.07) is 13.0. The van der Waals surface area contributed by atoms with Crippen LogP contribution < -0.4 is 0 Å². The Kier molecular flexibility index (Phi) is 13.1. The maximum Gasteiger partial charge on any atom is 0.243 e. The van der Waals surface area contributed by atoms with E-state index in [2.05, 4.69) is 0 Å². The molecule has 2 rings (SSSR count). The number of aliphatic hydroxyl groups is 2. The number of sulfonamides is 2. The van der Waals surface area contributed by atoms with Gasteiger partial charge in [-0.3, -0.25) is 0 Å². The first kappa shape index (κ1) is 31.3. The van der Waals surface area contributed by atoms with Crippen LogP contribution in [-0.2, 0) is 29.5 Å². The Hall–Kier alpha value is -1.90. The summed E-state index contributed by atoms with van der Waals surface area (Å²) in [6.07, 6.45) is 0.232. The lowest BCUT2D eigenvalue weighted by Crippen LogP contribution is -2.39. The number of aryl methyl sites for hydroxylation is 2. The van der Waals surface area contributed by atoms with Crippen LogP contribution in [-0.4, -0.2) is 101 Å². The van der Waals surface area contributed by atoms with E-state index < -0.39 is 20.0 Å². The van der Waals surface area contributed by atoms with Crippen LogP contribution in [0, 0.1) is 13.8 Å². The summed E-state index contributed by atoms with van der Waals surface area (Å²) in [5.41, 5.74) is 1.86. The lowest BCUT2D eigenvalue weighted by atomic mass is 10.2. The molecule has 12 heteroatoms. The van der Waals surface area contributed by atoms with Crippen molar-refractivity contribution in [1.82, 2.24) is 8.61 Å². The molecule has 0 aliphatic heterocycles. The van der Waals surface area contributed by atoms with Crippen LogP contribution in [0.25, 0.3) is 0 Å². The van der Waals surface area contributed by atoms with E-state index >= 15 is 0 Å². The molecule has 2 aromatic rings. The van der Waals surface area contributed by atoms with Gasteiger partial charge in [-0.25, -0.2) is 16.8 Å². The molecule has 0 saturated carbocycles. The van der Waals surface area contributed by atoms with E-state index in [4.69, 9.17) is 19.7 Å². The molecule has 0 aromatic heterocycles. The second kappa shape index (κ2) is 15.5. The maximum absolute atomic E-state index is 13.3. The third-order valence-corrected chi connectivity index (χ3v) is 9.40. The Morgan fingerprint density at radius 2 is 0.946 bits per heavy atom. The van der Waals surface area contributed by atoms with Gasteiger partial charge < -0.3 is 19.7 Å². The van der Waals surface area contributed by atoms with Gasteiger partial charge in [0.1, 0.15) is 0 Å². The second-order valence-electron chi connectivity index (χ2n) is 8.46. The molecule has 0 atom stereocenters. The number of rotatable bonds is 18. The Balaban J connectivity index is 2.18. The molecular weight excluding hydrogens is 520 g/mol. The van der Waals surface area contributed by atoms with Gasteiger partial charge in [-0.1, -0.05) is 35.4 Å². The Morgan fingerprint density at radius 3 is 1.27 bits per heavy atom. The van der Waals surface area contributed by atoms with Crippen molar-refractivity contribution in [2.24, 2.45) is 0 Å². The highest BCUT2D eigenvalue weighted by atomic mass is 32.2. The zero-order valence-electron chi connectivity index (χ0n) is 21.5. The summed E-state index contributed by atoms with van der Waals surface area (Å²) < 4.78 is 66.4. The molecule has 10 nitrogen and oxygen atoms in total. The first-order valence-corrected chi connectivity index (χ1v) is 15.0. The molecule has 2 aromatic carbocycles. The van der Waals surface area contributed by atoms with E-state index in [-0.39, 0.29) is 82.0 Å². The van der Waals surface area contributed by atoms with Crippen molar-refractivity contribution in [3.05, 3.63) is 59.7 Å². The van der Waals surface area contributed by atoms with E-state index in [1.165, 1.54) is 8.61 Å². The number of benzene rings is 2. The average Bonchev–Trinajstić information content (AvgIpc) is 2.87. The molecule has 0 radical (unpaired) electrons. The van der Waals surface area contributed by atoms with Crippen molar-refractivity contribution < 1.29 is 36.5 Å². The molecule has 2 N–H and O–H groups in total. The lowest BCUT2D eigenvalue weighted by molar-refractivity contribution is 0.0829. The molecule has 0 aliphatic rings. The van der Waals surface area contributed by atoms with E-state index in [9.17, 15) is 16.8 Å². The minimum atomic E-state index is -3.85. The van der Waals surface area contributed by atoms with Crippen LogP contribution in [0.15, 0.2) is 58.3 Å². The van der Waals surface area contributed by atoms with Gasteiger partial charge in [0.15, 0.2) is 0 Å². The molecule has 37 heavy (non-hydrogen) atoms. The van der Waals surface area contributed by atoms with Crippen molar-refractivity contribution in [3.63, 3.8) is 0 Å². The Labute approximate surface area is 220 Å². The molecule has 0 amide bonds. The summed E-state index contributed by atoms with van der Waals surface area (Å²) in [4.78, 5) is 0.281. The fourth-order valence-electron chi connectivity index (χ4n) is 3.51. The molecule has 208 valence electrons. The molecule has 0 saturated heterocycles. The smallest absolute Gasteiger partial charge is 0.243 e. The van der Waals surface area contributed by atoms with Crippen LogP contribution in [0.2, 0.25) is 0 Å². The van der Waals surface area contributed by atoms with Gasteiger partial charge in [-0.15, -0.1) is 0 Å². The van der Waals surface area contributed by atoms with Crippen LogP contribution in [0.4, 0.5) is 0 Å². The van der Waals surface area contributed by atoms with Crippen LogP contribution in [0.5, 0.6) is 0 Å². The van der Waals surface area contributed by atoms with Gasteiger partial charge in [0.25, 0.3) is 0 Å². The van der Waals surface area contributed by atoms with Crippen molar-refractivity contribution in [3.8, 4) is 0 Å². The summed E-state index contributed by atoms with van der Waals surface area (Å²) in [5, 5.41) is 17.9. The second-order valence-corrected chi connectivity index (χ2v) is 12.3. The summed E-state index contributed by atoms with van der Waals surface area (Å²) >= 11 is 0. The van der Waals surface area contributed by atoms with Gasteiger partial charge in [0, 0.05) is 26.2 Å². The Bertz CT molecular complexity index is 1050. The number of aliphatic hydroxyl groups excluding tert-OH is 2. The predicted molar refractivity (Wildman–Crippen MR) is 140 cm³/mol. The summed E-state index contributed by atoms with van der Waals surface area (Å²) in [7, 11) is -7.70. The zero-order chi connectivity index (χ0) is 27.3. The highest BCUT2D eigenvalue weighted by Crippen LogP contribution is 2.19. The van der Waals surface area contributed by atoms with Crippen LogP contribution in [0.3, 0.4) is 0 Å². The molecular formula is C25H38N2O8S2. The minimum absolute atomic E-state index is 0.0561. The molecule has 0 unspecified atom stereocenters. The van der Waals surface area contributed by atoms with Gasteiger partial charge >= 0.3 is 0 Å². The van der Waals surface area contributed by atoms with Crippen LogP contribution >= 0.6 is 0 Å². The fraction of sp³-hybridized carbons (Fsp3) is 0.520. The van der Waals surface area contributed by atoms with Crippen molar-refractivity contribution in [2.75, 3.05) is 65.8 Å². The van der Waals surface area contributed by atoms with Crippen molar-refractivity contribution >= 4 is 20.0 Å². The zero-order valence-corrected chi connectivity index (χ0v) is 23.1. The summed E-state index contributed by atoms with van der Waals surface area (Å²) in [6.45, 7) is 3.99. The third-order valence-electron chi connectivity index (χ3n) is 5.57. The number of ether oxygens (including phenoxy) is 2. The largest absolute Gasteiger partial charge is 0.394 e. The van der Waals surface area contributed by atoms with E-state index in [1.807, 2.05) is 13.8 Å². The van der Waals surface area contributed by atoms with Gasteiger partial charge in [0.2, 0.25) is 20.0 Å². The van der Waals surface area contributed by atoms with Crippen molar-refractivity contribution in [1.29, 1.82) is 0 Å². The van der Waals surface area contributed by atoms with Crippen molar-refractivity contribution in [2.45, 2.75) is 30.1 Å². The topological polar surface area (TPSA) is 134 Å². The highest BCUT2D eigenvalue weighted by molar-refractivity contribution is 7.89. The highest BCUT2D eigenvalue weighted by Gasteiger charge is 2.27. The molecule has 0 spiro atoms. The van der Waals surface area contributed by atoms with E-state index in [0.717, 1.165) is 11.1 Å². The monoisotopic (exact) mass is 558 g/mol. The number of nitrogens with zero attached hydrogens (tertiary/aromatic N) is 2. The molecule has 0 bridgehead atoms. The van der Waals surface area contributed by atoms with Gasteiger partial charge in [-0.05, 0) is 44.5 Å². The Morgan fingerprint density at radius 1 is 0.595 bits per heavy atom. The minimum Gasteiger partial charge on any atom is -0.394 e. The first-order chi connectivity index (χ1) is 17.6. The quantitative estimate of drug-likeness (QED) is 0.262. The first-order valence-electron chi connectivity index (χ1n) is 12.1. The van der Waals surface area contributed by atoms with Crippen LogP contribution in [0.1, 0.15) is 17.5 Å². The predicted octanol–water partition coefficient (Wildman–Crippen LogP) is 1.39. The SMILES string of the molecule is Cc1ccc(S(=O)(=O)N(CCCN(CCOCCO)S(=O)(=O)c2ccc(C)cc2)CCOCCO)cc1. The number of hydrogen-bond acceptors (Lipinski definition) is 8. The number of hydrogen-bond donors (Lipinski definition) is 2. The normalized spacial score (nSPS) is 12.5. The van der Waals surface area contributed by atoms with Gasteiger partial charge in [-0.2, -0.15) is 8.61 Å². The molecule has 0 aliphatic carbocycles. The lowest BCUT2D eigenvalue weighted by Gasteiger charge is -2.25. The standard InChI is InChI=1S/C25H38N2O8S2/c1-22-4-8-24(9-5-22)36(30,31)26(14-18-34-20-16-28)12-3-13-27(15-19-35-21-17-29)37(32,33)25-10-6-23(2)7-11-25/h4-11,28-29H,3,12-21H2,1-2H3. The van der Waals surface area contributed by atoms with E-state index in [0.29, 0.717) is 0 Å². The van der Waals surface area contributed by atoms with Gasteiger partial charge in [0.05, 0.1) is 49.4 Å². The summed E-state index contributed by atoms with van der Waals surface area (Å²) in [5.74, 6) is 0. The molecule has 0 fully saturated rings. The van der Waals surface area contributed by atoms with E-state index in [1.54, 1.807) is 48.5 Å². The average molecular weight is 559 g/mol.